The number of ether oxygens (including phenoxy) is 1. The first-order valence-electron chi connectivity index (χ1n) is 9.44. The average Bonchev–Trinajstić information content (AvgIpc) is 3.06. The summed E-state index contributed by atoms with van der Waals surface area (Å²) in [5, 5.41) is 21.5. The SMILES string of the molecule is C=P(C)(C)CC(C)[C@H]1O[C@@H](n2c(CCC)nc3c(N)ccnc32)[C@H](O)[C@@H]1O. The van der Waals surface area contributed by atoms with Crippen LogP contribution in [0.3, 0.4) is 0 Å². The molecule has 0 saturated carbocycles. The van der Waals surface area contributed by atoms with E-state index in [1.807, 2.05) is 6.92 Å². The van der Waals surface area contributed by atoms with Crippen molar-refractivity contribution >= 4 is 30.0 Å². The van der Waals surface area contributed by atoms with E-state index in [4.69, 9.17) is 10.5 Å². The van der Waals surface area contributed by atoms with Crippen LogP contribution in [-0.2, 0) is 11.2 Å². The van der Waals surface area contributed by atoms with Crippen molar-refractivity contribution in [1.82, 2.24) is 14.5 Å². The fourth-order valence-electron chi connectivity index (χ4n) is 3.97. The second kappa shape index (κ2) is 7.55. The van der Waals surface area contributed by atoms with Gasteiger partial charge in [0.15, 0.2) is 11.9 Å². The summed E-state index contributed by atoms with van der Waals surface area (Å²) in [5.41, 5.74) is 7.79. The largest absolute Gasteiger partial charge is 0.397 e. The van der Waals surface area contributed by atoms with E-state index in [1.54, 1.807) is 16.8 Å². The fraction of sp³-hybridized carbons (Fsp3) is 0.632. The summed E-state index contributed by atoms with van der Waals surface area (Å²) in [4.78, 5) is 9.06. The summed E-state index contributed by atoms with van der Waals surface area (Å²) in [6, 6.07) is 1.71. The first-order chi connectivity index (χ1) is 12.6. The molecule has 1 saturated heterocycles. The van der Waals surface area contributed by atoms with Gasteiger partial charge in [-0.25, -0.2) is 9.97 Å². The van der Waals surface area contributed by atoms with Crippen LogP contribution in [0, 0.1) is 5.92 Å². The quantitative estimate of drug-likeness (QED) is 0.647. The molecule has 2 aromatic rings. The van der Waals surface area contributed by atoms with E-state index in [2.05, 4.69) is 36.5 Å². The molecule has 3 heterocycles. The number of imidazole rings is 1. The highest BCUT2D eigenvalue weighted by atomic mass is 31.2. The molecule has 150 valence electrons. The molecule has 1 aliphatic heterocycles. The lowest BCUT2D eigenvalue weighted by molar-refractivity contribution is -0.0499. The van der Waals surface area contributed by atoms with Crippen LogP contribution in [0.1, 0.15) is 32.3 Å². The number of nitrogens with zero attached hydrogens (tertiary/aromatic N) is 3. The first-order valence-corrected chi connectivity index (χ1v) is 12.5. The number of nitrogens with two attached hydrogens (primary N) is 1. The van der Waals surface area contributed by atoms with Gasteiger partial charge in [-0.2, -0.15) is 0 Å². The van der Waals surface area contributed by atoms with E-state index in [1.165, 1.54) is 0 Å². The van der Waals surface area contributed by atoms with Gasteiger partial charge in [-0.05, 0) is 37.9 Å². The van der Waals surface area contributed by atoms with Crippen molar-refractivity contribution in [2.45, 2.75) is 51.2 Å². The monoisotopic (exact) mass is 394 g/mol. The van der Waals surface area contributed by atoms with Crippen molar-refractivity contribution in [3.05, 3.63) is 18.1 Å². The topological polar surface area (TPSA) is 106 Å². The van der Waals surface area contributed by atoms with Crippen molar-refractivity contribution < 1.29 is 14.9 Å². The van der Waals surface area contributed by atoms with Crippen molar-refractivity contribution in [2.75, 3.05) is 25.2 Å². The van der Waals surface area contributed by atoms with Crippen molar-refractivity contribution in [1.29, 1.82) is 0 Å². The molecule has 2 aromatic heterocycles. The lowest BCUT2D eigenvalue weighted by Gasteiger charge is -2.26. The minimum Gasteiger partial charge on any atom is -0.397 e. The maximum absolute atomic E-state index is 10.8. The molecule has 0 aliphatic carbocycles. The second-order valence-corrected chi connectivity index (χ2v) is 12.5. The lowest BCUT2D eigenvalue weighted by Crippen LogP contribution is -2.36. The Hall–Kier alpha value is -1.40. The third-order valence-electron chi connectivity index (χ3n) is 5.03. The molecule has 0 aromatic carbocycles. The smallest absolute Gasteiger partial charge is 0.165 e. The highest BCUT2D eigenvalue weighted by Crippen LogP contribution is 2.43. The summed E-state index contributed by atoms with van der Waals surface area (Å²) >= 11 is 0. The number of hydrogen-bond donors (Lipinski definition) is 3. The maximum Gasteiger partial charge on any atom is 0.165 e. The number of pyridine rings is 1. The predicted molar refractivity (Wildman–Crippen MR) is 112 cm³/mol. The van der Waals surface area contributed by atoms with E-state index >= 15 is 0 Å². The van der Waals surface area contributed by atoms with Crippen molar-refractivity contribution in [3.63, 3.8) is 0 Å². The molecule has 0 bridgehead atoms. The van der Waals surface area contributed by atoms with E-state index in [-0.39, 0.29) is 5.92 Å². The van der Waals surface area contributed by atoms with Gasteiger partial charge in [0.1, 0.15) is 23.5 Å². The summed E-state index contributed by atoms with van der Waals surface area (Å²) < 4.78 is 8.01. The molecule has 0 spiro atoms. The van der Waals surface area contributed by atoms with Gasteiger partial charge in [-0.3, -0.25) is 4.57 Å². The van der Waals surface area contributed by atoms with Gasteiger partial charge in [-0.1, -0.05) is 13.8 Å². The van der Waals surface area contributed by atoms with Crippen molar-refractivity contribution in [3.8, 4) is 0 Å². The summed E-state index contributed by atoms with van der Waals surface area (Å²) in [6.07, 6.45) is 5.13. The number of aliphatic hydroxyl groups is 2. The molecule has 1 unspecified atom stereocenters. The lowest BCUT2D eigenvalue weighted by atomic mass is 10.0. The van der Waals surface area contributed by atoms with Crippen LogP contribution in [-0.4, -0.2) is 68.9 Å². The molecule has 7 nitrogen and oxygen atoms in total. The number of aliphatic hydroxyl groups excluding tert-OH is 2. The number of aromatic nitrogens is 3. The maximum atomic E-state index is 10.8. The molecular weight excluding hydrogens is 363 g/mol. The standard InChI is InChI=1S/C19H31N4O3P/c1-6-7-13-22-14-12(20)8-9-21-18(14)23(13)19-16(25)15(24)17(26-19)11(2)10-27(3,4)5/h8-9,11,15-17,19,24-25H,3,6-7,10H2,1-2,4-5H3,(H2,20,21)/t11?,15-,16+,17+,19+/m0/s1. The summed E-state index contributed by atoms with van der Waals surface area (Å²) in [7, 11) is 0. The highest BCUT2D eigenvalue weighted by molar-refractivity contribution is 7.72. The third-order valence-corrected chi connectivity index (χ3v) is 6.59. The zero-order valence-electron chi connectivity index (χ0n) is 16.5. The Labute approximate surface area is 160 Å². The number of hydrogen-bond acceptors (Lipinski definition) is 6. The molecule has 3 rings (SSSR count). The predicted octanol–water partition coefficient (Wildman–Crippen LogP) is 1.93. The summed E-state index contributed by atoms with van der Waals surface area (Å²) in [5.74, 6) is 0.843. The van der Waals surface area contributed by atoms with E-state index in [0.717, 1.165) is 18.4 Å². The third kappa shape index (κ3) is 3.92. The van der Waals surface area contributed by atoms with Crippen LogP contribution in [0.5, 0.6) is 0 Å². The molecule has 1 aliphatic rings. The zero-order valence-corrected chi connectivity index (χ0v) is 17.4. The van der Waals surface area contributed by atoms with Crippen LogP contribution in [0.15, 0.2) is 12.3 Å². The first kappa shape index (κ1) is 20.3. The van der Waals surface area contributed by atoms with Gasteiger partial charge in [0, 0.05) is 12.6 Å². The Bertz CT molecular complexity index is 862. The normalized spacial score (nSPS) is 27.3. The number of aryl methyl sites for hydroxylation is 1. The Morgan fingerprint density at radius 3 is 2.70 bits per heavy atom. The van der Waals surface area contributed by atoms with E-state index in [9.17, 15) is 10.2 Å². The molecule has 8 heteroatoms. The molecule has 0 amide bonds. The zero-order chi connectivity index (χ0) is 19.9. The minimum atomic E-state index is -1.29. The molecule has 27 heavy (non-hydrogen) atoms. The van der Waals surface area contributed by atoms with E-state index in [0.29, 0.717) is 23.3 Å². The molecule has 4 N–H and O–H groups in total. The Kier molecular flexibility index (Phi) is 5.69. The van der Waals surface area contributed by atoms with Gasteiger partial charge in [0.05, 0.1) is 11.8 Å². The molecular formula is C19H31N4O3P. The number of anilines is 1. The van der Waals surface area contributed by atoms with Crippen LogP contribution in [0.2, 0.25) is 0 Å². The Morgan fingerprint density at radius 2 is 2.07 bits per heavy atom. The summed E-state index contributed by atoms with van der Waals surface area (Å²) in [6.45, 7) is 7.14. The van der Waals surface area contributed by atoms with Crippen LogP contribution < -0.4 is 5.73 Å². The van der Waals surface area contributed by atoms with Gasteiger partial charge in [0.25, 0.3) is 0 Å². The number of rotatable bonds is 6. The van der Waals surface area contributed by atoms with Crippen LogP contribution in [0.4, 0.5) is 5.69 Å². The molecule has 0 radical (unpaired) electrons. The van der Waals surface area contributed by atoms with Gasteiger partial charge in [0.2, 0.25) is 0 Å². The number of nitrogen functional groups attached to an aromatic ring is 1. The van der Waals surface area contributed by atoms with Gasteiger partial charge >= 0.3 is 0 Å². The minimum absolute atomic E-state index is 0.0860. The molecule has 1 fully saturated rings. The van der Waals surface area contributed by atoms with Gasteiger partial charge < -0.3 is 20.7 Å². The highest BCUT2D eigenvalue weighted by Gasteiger charge is 2.47. The van der Waals surface area contributed by atoms with Crippen LogP contribution >= 0.6 is 6.89 Å². The number of fused-ring (bicyclic) bond motifs is 1. The van der Waals surface area contributed by atoms with Gasteiger partial charge in [-0.15, -0.1) is 13.2 Å². The molecule has 5 atom stereocenters. The Balaban J connectivity index is 2.00. The van der Waals surface area contributed by atoms with Crippen LogP contribution in [0.25, 0.3) is 11.2 Å². The van der Waals surface area contributed by atoms with E-state index < -0.39 is 31.4 Å². The fourth-order valence-corrected chi connectivity index (χ4v) is 5.74. The Morgan fingerprint density at radius 1 is 1.37 bits per heavy atom. The second-order valence-electron chi connectivity index (χ2n) is 8.29. The van der Waals surface area contributed by atoms with Crippen molar-refractivity contribution in [2.24, 2.45) is 5.92 Å². The average molecular weight is 394 g/mol.